The number of urea groups is 1. The predicted octanol–water partition coefficient (Wildman–Crippen LogP) is 4.36. The number of aryl methyl sites for hydroxylation is 1. The molecule has 0 spiro atoms. The Morgan fingerprint density at radius 3 is 2.18 bits per heavy atom. The van der Waals surface area contributed by atoms with Crippen LogP contribution in [0.5, 0.6) is 0 Å². The molecule has 0 bridgehead atoms. The van der Waals surface area contributed by atoms with E-state index in [1.807, 2.05) is 37.4 Å². The van der Waals surface area contributed by atoms with Crippen molar-refractivity contribution in [2.24, 2.45) is 11.7 Å². The number of alkyl carbamates (subject to hydrolysis) is 1. The van der Waals surface area contributed by atoms with Crippen molar-refractivity contribution in [1.29, 1.82) is 0 Å². The smallest absolute Gasteiger partial charge is 0.411 e. The van der Waals surface area contributed by atoms with Crippen LogP contribution in [0.4, 0.5) is 25.8 Å². The van der Waals surface area contributed by atoms with Crippen molar-refractivity contribution in [3.8, 4) is 0 Å². The Labute approximate surface area is 323 Å². The van der Waals surface area contributed by atoms with E-state index in [0.717, 1.165) is 29.6 Å². The fourth-order valence-corrected chi connectivity index (χ4v) is 6.32. The summed E-state index contributed by atoms with van der Waals surface area (Å²) < 4.78 is 16.0. The van der Waals surface area contributed by atoms with Crippen LogP contribution in [0.2, 0.25) is 0 Å². The third-order valence-electron chi connectivity index (χ3n) is 9.39. The first-order chi connectivity index (χ1) is 26.9. The van der Waals surface area contributed by atoms with Gasteiger partial charge in [-0.15, -0.1) is 0 Å². The number of nitrogens with two attached hydrogens (primary N) is 1. The third kappa shape index (κ3) is 12.3. The van der Waals surface area contributed by atoms with Gasteiger partial charge in [0, 0.05) is 35.4 Å². The number of benzene rings is 3. The molecule has 1 aromatic heterocycles. The molecule has 7 N–H and O–H groups in total. The van der Waals surface area contributed by atoms with Crippen molar-refractivity contribution in [1.82, 2.24) is 20.9 Å². The highest BCUT2D eigenvalue weighted by Crippen LogP contribution is 2.23. The topological polar surface area (TPSA) is 223 Å². The molecular formula is C40H47N7O9. The maximum Gasteiger partial charge on any atom is 0.411 e. The molecule has 2 atom stereocenters. The number of carbonyl (C=O) groups is 5. The summed E-state index contributed by atoms with van der Waals surface area (Å²) in [6.45, 7) is 3.38. The minimum atomic E-state index is -1.04. The normalized spacial score (nSPS) is 14.2. The van der Waals surface area contributed by atoms with Gasteiger partial charge in [-0.1, -0.05) is 42.5 Å². The van der Waals surface area contributed by atoms with E-state index in [1.165, 1.54) is 6.07 Å². The van der Waals surface area contributed by atoms with Gasteiger partial charge >= 0.3 is 23.8 Å². The highest BCUT2D eigenvalue weighted by atomic mass is 16.6. The second-order valence-corrected chi connectivity index (χ2v) is 13.7. The molecule has 0 saturated carbocycles. The second kappa shape index (κ2) is 19.8. The van der Waals surface area contributed by atoms with E-state index in [9.17, 15) is 28.8 Å². The number of anilines is 2. The number of piperidine rings is 1. The van der Waals surface area contributed by atoms with Crippen LogP contribution in [-0.2, 0) is 32.3 Å². The summed E-state index contributed by atoms with van der Waals surface area (Å²) in [7, 11) is 1.99. The molecule has 5 rings (SSSR count). The van der Waals surface area contributed by atoms with Crippen molar-refractivity contribution in [2.75, 3.05) is 37.3 Å². The molecule has 1 unspecified atom stereocenters. The lowest BCUT2D eigenvalue weighted by molar-refractivity contribution is -0.129. The van der Waals surface area contributed by atoms with Gasteiger partial charge in [0.1, 0.15) is 30.9 Å². The van der Waals surface area contributed by atoms with Crippen LogP contribution in [-0.4, -0.2) is 73.7 Å². The van der Waals surface area contributed by atoms with Gasteiger partial charge in [-0.3, -0.25) is 14.9 Å². The highest BCUT2D eigenvalue weighted by molar-refractivity contribution is 5.98. The van der Waals surface area contributed by atoms with Crippen molar-refractivity contribution < 1.29 is 37.9 Å². The fraction of sp³-hybridized carbons (Fsp3) is 0.350. The minimum Gasteiger partial charge on any atom is -0.445 e. The molecule has 296 valence electrons. The maximum absolute atomic E-state index is 13.9. The Morgan fingerprint density at radius 1 is 0.821 bits per heavy atom. The SMILES string of the molecule is Cc1cc(=O)oc2cc(NC(=O)OCc3ccc(NC(=O)[C@H](CCCNC(N)=O)NC(=O)C(NC(=O)OCc4ccccc4)C4CCN(C)CC4)cc3)ccc12. The molecule has 2 heterocycles. The molecule has 1 fully saturated rings. The number of nitrogens with one attached hydrogen (secondary N) is 5. The Hall–Kier alpha value is -6.42. The van der Waals surface area contributed by atoms with Gasteiger partial charge in [-0.05, 0) is 99.6 Å². The summed E-state index contributed by atoms with van der Waals surface area (Å²) >= 11 is 0. The van der Waals surface area contributed by atoms with E-state index < -0.39 is 47.7 Å². The quantitative estimate of drug-likeness (QED) is 0.0741. The van der Waals surface area contributed by atoms with Crippen molar-refractivity contribution in [3.63, 3.8) is 0 Å². The van der Waals surface area contributed by atoms with Gasteiger partial charge < -0.3 is 45.8 Å². The number of likely N-dealkylation sites (tertiary alicyclic amines) is 1. The Balaban J connectivity index is 1.19. The first-order valence-corrected chi connectivity index (χ1v) is 18.3. The Bertz CT molecular complexity index is 2050. The Kier molecular flexibility index (Phi) is 14.4. The number of carbonyl (C=O) groups excluding carboxylic acids is 5. The molecule has 1 aliphatic heterocycles. The highest BCUT2D eigenvalue weighted by Gasteiger charge is 2.34. The van der Waals surface area contributed by atoms with Crippen LogP contribution in [0.25, 0.3) is 11.0 Å². The zero-order valence-corrected chi connectivity index (χ0v) is 31.3. The van der Waals surface area contributed by atoms with Gasteiger partial charge in [-0.25, -0.2) is 19.2 Å². The summed E-state index contributed by atoms with van der Waals surface area (Å²) in [5.41, 5.74) is 8.03. The minimum absolute atomic E-state index is 0.0252. The molecule has 1 saturated heterocycles. The van der Waals surface area contributed by atoms with E-state index in [0.29, 0.717) is 41.8 Å². The average molecular weight is 770 g/mol. The molecule has 6 amide bonds. The largest absolute Gasteiger partial charge is 0.445 e. The fourth-order valence-electron chi connectivity index (χ4n) is 6.32. The summed E-state index contributed by atoms with van der Waals surface area (Å²) in [5, 5.41) is 14.2. The first-order valence-electron chi connectivity index (χ1n) is 18.3. The van der Waals surface area contributed by atoms with Crippen LogP contribution in [0.1, 0.15) is 42.4 Å². The molecule has 1 aliphatic rings. The van der Waals surface area contributed by atoms with Gasteiger partial charge in [-0.2, -0.15) is 0 Å². The zero-order valence-electron chi connectivity index (χ0n) is 31.3. The molecule has 0 aliphatic carbocycles. The van der Waals surface area contributed by atoms with Gasteiger partial charge in [0.25, 0.3) is 0 Å². The van der Waals surface area contributed by atoms with Crippen LogP contribution in [0, 0.1) is 12.8 Å². The second-order valence-electron chi connectivity index (χ2n) is 13.7. The van der Waals surface area contributed by atoms with E-state index in [2.05, 4.69) is 31.5 Å². The average Bonchev–Trinajstić information content (AvgIpc) is 3.17. The van der Waals surface area contributed by atoms with E-state index >= 15 is 0 Å². The number of amides is 6. The van der Waals surface area contributed by atoms with E-state index in [1.54, 1.807) is 49.4 Å². The summed E-state index contributed by atoms with van der Waals surface area (Å²) in [6.07, 6.45) is 0.290. The van der Waals surface area contributed by atoms with Crippen LogP contribution in [0.15, 0.2) is 88.1 Å². The predicted molar refractivity (Wildman–Crippen MR) is 209 cm³/mol. The summed E-state index contributed by atoms with van der Waals surface area (Å²) in [6, 6.07) is 19.4. The molecule has 0 radical (unpaired) electrons. The van der Waals surface area contributed by atoms with Gasteiger partial charge in [0.15, 0.2) is 0 Å². The maximum atomic E-state index is 13.9. The molecular weight excluding hydrogens is 722 g/mol. The van der Waals surface area contributed by atoms with E-state index in [4.69, 9.17) is 19.6 Å². The van der Waals surface area contributed by atoms with E-state index in [-0.39, 0.29) is 32.1 Å². The number of rotatable bonds is 15. The van der Waals surface area contributed by atoms with Crippen LogP contribution < -0.4 is 37.9 Å². The monoisotopic (exact) mass is 769 g/mol. The number of ether oxygens (including phenoxy) is 2. The van der Waals surface area contributed by atoms with Gasteiger partial charge in [0.2, 0.25) is 11.8 Å². The standard InChI is InChI=1S/C40H47N7O9/c1-25-21-34(48)56-33-22-30(14-15-31(25)33)44-39(52)54-24-27-10-12-29(13-11-27)43-36(49)32(9-6-18-42-38(41)51)45-37(50)35(28-16-19-47(2)20-17-28)46-40(53)55-23-26-7-4-3-5-8-26/h3-5,7-8,10-15,21-22,28,32,35H,6,9,16-20,23-24H2,1-2H3,(H,43,49)(H,44,52)(H,45,50)(H,46,53)(H3,41,42,51)/t32-,35?/m0/s1. The summed E-state index contributed by atoms with van der Waals surface area (Å²) in [4.78, 5) is 78.1. The van der Waals surface area contributed by atoms with Crippen LogP contribution >= 0.6 is 0 Å². The molecule has 4 aromatic rings. The Morgan fingerprint density at radius 2 is 1.48 bits per heavy atom. The number of hydrogen-bond donors (Lipinski definition) is 6. The molecule has 56 heavy (non-hydrogen) atoms. The number of nitrogens with zero attached hydrogens (tertiary/aromatic N) is 1. The number of hydrogen-bond acceptors (Lipinski definition) is 10. The van der Waals surface area contributed by atoms with Crippen molar-refractivity contribution in [3.05, 3.63) is 106 Å². The summed E-state index contributed by atoms with van der Waals surface area (Å²) in [5.74, 6) is -1.25. The van der Waals surface area contributed by atoms with Crippen molar-refractivity contribution >= 4 is 52.4 Å². The zero-order chi connectivity index (χ0) is 40.0. The lowest BCUT2D eigenvalue weighted by atomic mass is 9.88. The molecule has 16 heteroatoms. The number of primary amides is 1. The molecule has 3 aromatic carbocycles. The lowest BCUT2D eigenvalue weighted by Gasteiger charge is -2.34. The number of fused-ring (bicyclic) bond motifs is 1. The molecule has 16 nitrogen and oxygen atoms in total. The van der Waals surface area contributed by atoms with Gasteiger partial charge in [0.05, 0.1) is 0 Å². The van der Waals surface area contributed by atoms with Crippen molar-refractivity contribution in [2.45, 2.75) is 57.9 Å². The van der Waals surface area contributed by atoms with Crippen LogP contribution in [0.3, 0.4) is 0 Å². The first kappa shape index (κ1) is 40.8. The third-order valence-corrected chi connectivity index (χ3v) is 9.39. The lowest BCUT2D eigenvalue weighted by Crippen LogP contribution is -2.56.